The summed E-state index contributed by atoms with van der Waals surface area (Å²) in [5.74, 6) is -0.832. The molecule has 1 aliphatic carbocycles. The molecule has 0 unspecified atom stereocenters. The molecule has 1 saturated carbocycles. The lowest BCUT2D eigenvalue weighted by Gasteiger charge is -2.25. The fourth-order valence-electron chi connectivity index (χ4n) is 4.82. The van der Waals surface area contributed by atoms with Gasteiger partial charge in [0.25, 0.3) is 0 Å². The van der Waals surface area contributed by atoms with Crippen molar-refractivity contribution in [1.29, 1.82) is 0 Å². The fourth-order valence-corrected chi connectivity index (χ4v) is 4.82. The molecule has 1 aliphatic rings. The van der Waals surface area contributed by atoms with Crippen molar-refractivity contribution < 1.29 is 27.9 Å². The van der Waals surface area contributed by atoms with E-state index in [0.29, 0.717) is 29.7 Å². The Hall–Kier alpha value is -2.83. The number of carboxylic acid groups (broad SMARTS) is 1. The van der Waals surface area contributed by atoms with E-state index in [9.17, 15) is 18.0 Å². The number of oxime groups is 1. The molecule has 1 fully saturated rings. The maximum Gasteiger partial charge on any atom is 0.416 e. The van der Waals surface area contributed by atoms with E-state index in [1.165, 1.54) is 6.07 Å². The summed E-state index contributed by atoms with van der Waals surface area (Å²) in [6.07, 6.45) is 2.47. The molecule has 0 heterocycles. The molecule has 0 bridgehead atoms. The summed E-state index contributed by atoms with van der Waals surface area (Å²) in [5.41, 5.74) is 4.02. The van der Waals surface area contributed by atoms with Gasteiger partial charge in [0.1, 0.15) is 6.61 Å². The SMILES string of the molecule is CCc1cc(C(C)=NOCc2ccc(C3CCCCC3)c(C(F)(F)F)c2)ccc1CCCC(=O)O. The van der Waals surface area contributed by atoms with Crippen LogP contribution in [0.15, 0.2) is 41.6 Å². The van der Waals surface area contributed by atoms with Crippen LogP contribution in [0.2, 0.25) is 0 Å². The van der Waals surface area contributed by atoms with Crippen molar-refractivity contribution in [2.24, 2.45) is 5.16 Å². The van der Waals surface area contributed by atoms with Gasteiger partial charge in [-0.1, -0.05) is 55.6 Å². The van der Waals surface area contributed by atoms with Crippen LogP contribution >= 0.6 is 0 Å². The predicted molar refractivity (Wildman–Crippen MR) is 131 cm³/mol. The number of benzene rings is 2. The van der Waals surface area contributed by atoms with E-state index in [1.54, 1.807) is 19.1 Å². The van der Waals surface area contributed by atoms with Crippen molar-refractivity contribution >= 4 is 11.7 Å². The van der Waals surface area contributed by atoms with Crippen LogP contribution in [0.4, 0.5) is 13.2 Å². The van der Waals surface area contributed by atoms with Crippen LogP contribution in [0.1, 0.15) is 98.1 Å². The molecule has 3 rings (SSSR count). The fraction of sp³-hybridized carbons (Fsp3) is 0.500. The second kappa shape index (κ2) is 12.2. The number of rotatable bonds is 10. The lowest BCUT2D eigenvalue weighted by Crippen LogP contribution is -2.15. The van der Waals surface area contributed by atoms with E-state index in [4.69, 9.17) is 9.94 Å². The van der Waals surface area contributed by atoms with E-state index >= 15 is 0 Å². The third-order valence-electron chi connectivity index (χ3n) is 6.74. The molecule has 0 atom stereocenters. The highest BCUT2D eigenvalue weighted by Crippen LogP contribution is 2.41. The molecule has 2 aromatic rings. The molecule has 0 radical (unpaired) electrons. The maximum absolute atomic E-state index is 13.8. The van der Waals surface area contributed by atoms with E-state index in [1.807, 2.05) is 25.1 Å². The van der Waals surface area contributed by atoms with Crippen LogP contribution in [-0.4, -0.2) is 16.8 Å². The molecule has 0 aromatic heterocycles. The molecule has 190 valence electrons. The van der Waals surface area contributed by atoms with Crippen LogP contribution in [0.25, 0.3) is 0 Å². The first-order valence-corrected chi connectivity index (χ1v) is 12.4. The quantitative estimate of drug-likeness (QED) is 0.275. The third-order valence-corrected chi connectivity index (χ3v) is 6.74. The molecular weight excluding hydrogens is 455 g/mol. The zero-order valence-electron chi connectivity index (χ0n) is 20.5. The number of halogens is 3. The summed E-state index contributed by atoms with van der Waals surface area (Å²) in [7, 11) is 0. The predicted octanol–water partition coefficient (Wildman–Crippen LogP) is 7.66. The molecule has 1 N–H and O–H groups in total. The summed E-state index contributed by atoms with van der Waals surface area (Å²) in [6, 6.07) is 10.4. The summed E-state index contributed by atoms with van der Waals surface area (Å²) >= 11 is 0. The van der Waals surface area contributed by atoms with Gasteiger partial charge >= 0.3 is 12.1 Å². The molecular formula is C28H34F3NO3. The Bertz CT molecular complexity index is 1040. The Labute approximate surface area is 205 Å². The molecule has 0 saturated heterocycles. The minimum absolute atomic E-state index is 0.0320. The topological polar surface area (TPSA) is 58.9 Å². The molecule has 7 heteroatoms. The van der Waals surface area contributed by atoms with Gasteiger partial charge in [-0.3, -0.25) is 4.79 Å². The number of carboxylic acids is 1. The van der Waals surface area contributed by atoms with Gasteiger partial charge in [-0.25, -0.2) is 0 Å². The van der Waals surface area contributed by atoms with Crippen LogP contribution in [0.5, 0.6) is 0 Å². The van der Waals surface area contributed by atoms with Crippen LogP contribution < -0.4 is 0 Å². The number of aryl methyl sites for hydroxylation is 2. The number of carbonyl (C=O) groups is 1. The first kappa shape index (κ1) is 26.8. The average molecular weight is 490 g/mol. The molecule has 4 nitrogen and oxygen atoms in total. The minimum atomic E-state index is -4.40. The molecule has 0 amide bonds. The van der Waals surface area contributed by atoms with Gasteiger partial charge in [-0.15, -0.1) is 0 Å². The Morgan fingerprint density at radius 3 is 2.49 bits per heavy atom. The average Bonchev–Trinajstić information content (AvgIpc) is 2.84. The summed E-state index contributed by atoms with van der Waals surface area (Å²) < 4.78 is 41.3. The lowest BCUT2D eigenvalue weighted by molar-refractivity contribution is -0.139. The van der Waals surface area contributed by atoms with Crippen molar-refractivity contribution in [2.75, 3.05) is 0 Å². The smallest absolute Gasteiger partial charge is 0.416 e. The highest BCUT2D eigenvalue weighted by atomic mass is 19.4. The van der Waals surface area contributed by atoms with Gasteiger partial charge < -0.3 is 9.94 Å². The van der Waals surface area contributed by atoms with Gasteiger partial charge in [0, 0.05) is 6.42 Å². The molecule has 0 spiro atoms. The Kier molecular flexibility index (Phi) is 9.35. The zero-order chi connectivity index (χ0) is 25.4. The highest BCUT2D eigenvalue weighted by molar-refractivity contribution is 5.98. The Morgan fingerprint density at radius 2 is 1.83 bits per heavy atom. The number of alkyl halides is 3. The standard InChI is InChI=1S/C28H34F3NO3/c1-3-21-17-24(14-13-22(21)10-7-11-27(33)34)19(2)32-35-18-20-12-15-25(23-8-5-4-6-9-23)26(16-20)28(29,30)31/h12-17,23H,3-11,18H2,1-2H3,(H,33,34). The highest BCUT2D eigenvalue weighted by Gasteiger charge is 2.35. The number of hydrogen-bond acceptors (Lipinski definition) is 3. The maximum atomic E-state index is 13.8. The van der Waals surface area contributed by atoms with Crippen molar-refractivity contribution in [3.8, 4) is 0 Å². The van der Waals surface area contributed by atoms with Crippen molar-refractivity contribution in [3.63, 3.8) is 0 Å². The second-order valence-corrected chi connectivity index (χ2v) is 9.29. The van der Waals surface area contributed by atoms with E-state index in [0.717, 1.165) is 55.2 Å². The van der Waals surface area contributed by atoms with Crippen molar-refractivity contribution in [2.45, 2.75) is 90.3 Å². The molecule has 35 heavy (non-hydrogen) atoms. The van der Waals surface area contributed by atoms with E-state index in [2.05, 4.69) is 5.16 Å². The monoisotopic (exact) mass is 489 g/mol. The second-order valence-electron chi connectivity index (χ2n) is 9.29. The number of hydrogen-bond donors (Lipinski definition) is 1. The lowest BCUT2D eigenvalue weighted by atomic mass is 9.81. The normalized spacial score (nSPS) is 15.3. The Morgan fingerprint density at radius 1 is 1.09 bits per heavy atom. The van der Waals surface area contributed by atoms with Gasteiger partial charge in [-0.2, -0.15) is 13.2 Å². The summed E-state index contributed by atoms with van der Waals surface area (Å²) in [4.78, 5) is 16.2. The number of aliphatic carboxylic acids is 1. The van der Waals surface area contributed by atoms with Gasteiger partial charge in [0.2, 0.25) is 0 Å². The number of nitrogens with zero attached hydrogens (tertiary/aromatic N) is 1. The first-order chi connectivity index (χ1) is 16.7. The minimum Gasteiger partial charge on any atom is -0.481 e. The summed E-state index contributed by atoms with van der Waals surface area (Å²) in [6.45, 7) is 3.80. The van der Waals surface area contributed by atoms with Crippen LogP contribution in [0, 0.1) is 0 Å². The van der Waals surface area contributed by atoms with Crippen molar-refractivity contribution in [1.82, 2.24) is 0 Å². The van der Waals surface area contributed by atoms with Crippen LogP contribution in [-0.2, 0) is 35.3 Å². The van der Waals surface area contributed by atoms with E-state index in [-0.39, 0.29) is 18.9 Å². The zero-order valence-corrected chi connectivity index (χ0v) is 20.5. The molecule has 2 aromatic carbocycles. The third kappa shape index (κ3) is 7.58. The Balaban J connectivity index is 1.68. The summed E-state index contributed by atoms with van der Waals surface area (Å²) in [5, 5.41) is 13.0. The van der Waals surface area contributed by atoms with Crippen LogP contribution in [0.3, 0.4) is 0 Å². The molecule has 0 aliphatic heterocycles. The van der Waals surface area contributed by atoms with Crippen molar-refractivity contribution in [3.05, 3.63) is 69.8 Å². The van der Waals surface area contributed by atoms with Gasteiger partial charge in [0.15, 0.2) is 0 Å². The van der Waals surface area contributed by atoms with Gasteiger partial charge in [-0.05, 0) is 84.9 Å². The largest absolute Gasteiger partial charge is 0.481 e. The first-order valence-electron chi connectivity index (χ1n) is 12.4. The van der Waals surface area contributed by atoms with Gasteiger partial charge in [0.05, 0.1) is 11.3 Å². The van der Waals surface area contributed by atoms with E-state index < -0.39 is 17.7 Å².